The molecule has 15 aromatic rings. The van der Waals surface area contributed by atoms with Gasteiger partial charge >= 0.3 is 5.97 Å². The Bertz CT molecular complexity index is 5610. The third kappa shape index (κ3) is 36.2. The van der Waals surface area contributed by atoms with E-state index in [0.29, 0.717) is 12.4 Å². The van der Waals surface area contributed by atoms with E-state index < -0.39 is 5.97 Å². The van der Waals surface area contributed by atoms with Gasteiger partial charge in [-0.05, 0) is 218 Å². The van der Waals surface area contributed by atoms with Crippen molar-refractivity contribution in [3.8, 4) is 96.4 Å². The van der Waals surface area contributed by atoms with Crippen molar-refractivity contribution in [3.05, 3.63) is 453 Å². The van der Waals surface area contributed by atoms with Crippen LogP contribution in [0.2, 0.25) is 0 Å². The molecule has 708 valence electrons. The molecule has 0 amide bonds. The van der Waals surface area contributed by atoms with Crippen molar-refractivity contribution in [3.63, 3.8) is 0 Å². The number of para-hydroxylation sites is 2. The summed E-state index contributed by atoms with van der Waals surface area (Å²) in [6.07, 6.45) is 15.5. The minimum Gasteiger partial charge on any atom is -0.493 e. The normalized spacial score (nSPS) is 11.6. The average Bonchev–Trinajstić information content (AvgIpc) is 0.778. The summed E-state index contributed by atoms with van der Waals surface area (Å²) >= 11 is 0. The minimum atomic E-state index is -0.447. The van der Waals surface area contributed by atoms with Gasteiger partial charge in [-0.3, -0.25) is 0 Å². The highest BCUT2D eigenvalue weighted by atomic mass is 16.5. The van der Waals surface area contributed by atoms with Gasteiger partial charge in [-0.15, -0.1) is 6.42 Å². The van der Waals surface area contributed by atoms with Crippen LogP contribution in [-0.4, -0.2) is 45.6 Å². The van der Waals surface area contributed by atoms with Crippen LogP contribution in [0.5, 0.6) is 17.2 Å². The quantitative estimate of drug-likeness (QED) is 0.0326. The van der Waals surface area contributed by atoms with Gasteiger partial charge < -0.3 is 28.6 Å². The lowest BCUT2D eigenvalue weighted by Gasteiger charge is -2.40. The number of rotatable bonds is 20. The molecule has 2 aliphatic carbocycles. The van der Waals surface area contributed by atoms with Crippen LogP contribution in [0.1, 0.15) is 171 Å². The van der Waals surface area contributed by atoms with Gasteiger partial charge in [0.05, 0.1) is 50.5 Å². The van der Waals surface area contributed by atoms with Crippen molar-refractivity contribution in [2.45, 2.75) is 163 Å². The smallest absolute Gasteiger partial charge is 0.335 e. The number of nitrogens with zero attached hydrogens (tertiary/aromatic N) is 1. The van der Waals surface area contributed by atoms with Crippen LogP contribution in [0.25, 0.3) is 72.8 Å². The predicted molar refractivity (Wildman–Crippen MR) is 590 cm³/mol. The summed E-state index contributed by atoms with van der Waals surface area (Å²) in [5.41, 5.74) is 27.1. The van der Waals surface area contributed by atoms with Gasteiger partial charge in [-0.25, -0.2) is 4.79 Å². The van der Waals surface area contributed by atoms with Crippen molar-refractivity contribution in [1.82, 2.24) is 0 Å². The molecule has 0 N–H and O–H groups in total. The Morgan fingerprint density at radius 1 is 0.324 bits per heavy atom. The van der Waals surface area contributed by atoms with E-state index >= 15 is 0 Å². The molecule has 0 aromatic heterocycles. The van der Waals surface area contributed by atoms with Crippen molar-refractivity contribution < 1.29 is 28.5 Å². The van der Waals surface area contributed by atoms with Crippen LogP contribution in [0.15, 0.2) is 420 Å². The van der Waals surface area contributed by atoms with E-state index in [0.717, 1.165) is 103 Å². The van der Waals surface area contributed by atoms with Gasteiger partial charge in [0.1, 0.15) is 17.2 Å². The fourth-order valence-corrected chi connectivity index (χ4v) is 14.2. The van der Waals surface area contributed by atoms with Crippen LogP contribution < -0.4 is 19.1 Å². The van der Waals surface area contributed by atoms with E-state index in [9.17, 15) is 4.79 Å². The lowest BCUT2D eigenvalue weighted by atomic mass is 9.83. The maximum Gasteiger partial charge on any atom is 0.335 e. The number of terminal acetylenes is 1. The average molecular weight is 1810 g/mol. The lowest BCUT2D eigenvalue weighted by Crippen LogP contribution is -2.46. The number of hydrogen-bond acceptors (Lipinski definition) is 7. The highest BCUT2D eigenvalue weighted by Crippen LogP contribution is 2.39. The molecule has 4 aliphatic rings. The van der Waals surface area contributed by atoms with Crippen LogP contribution in [-0.2, 0) is 40.0 Å². The van der Waals surface area contributed by atoms with Crippen molar-refractivity contribution in [2.75, 3.05) is 44.5 Å². The summed E-state index contributed by atoms with van der Waals surface area (Å²) in [7, 11) is 0. The highest BCUT2D eigenvalue weighted by molar-refractivity contribution is 5.83. The van der Waals surface area contributed by atoms with E-state index in [2.05, 4.69) is 305 Å². The third-order valence-electron chi connectivity index (χ3n) is 22.0. The number of carbonyl (C=O) groups excluding carboxylic acids is 1. The number of anilines is 3. The molecule has 2 fully saturated rings. The molecule has 0 bridgehead atoms. The number of fused-ring (bicyclic) bond motifs is 2. The molecule has 7 nitrogen and oxygen atoms in total. The summed E-state index contributed by atoms with van der Waals surface area (Å²) in [6.45, 7) is 48.2. The van der Waals surface area contributed by atoms with Gasteiger partial charge in [0.2, 0.25) is 0 Å². The first-order valence-electron chi connectivity index (χ1n) is 49.4. The molecule has 0 atom stereocenters. The number of hydrogen-bond donors (Lipinski definition) is 0. The number of carbonyl (C=O) groups is 1. The Balaban J connectivity index is 0.000000276. The van der Waals surface area contributed by atoms with Gasteiger partial charge in [-0.2, -0.15) is 0 Å². The van der Waals surface area contributed by atoms with Gasteiger partial charge in [0.15, 0.2) is 0 Å². The SMILES string of the molecule is C#Cc1ccc(-c2ccccc2)cc1.C=CC(=O)Oc1ccc(-c2ccccc2)cc1.C=Cc1ccc(-c2ccccc2)cc1.CC.CC.CC.CC.CC.CC.CC.CC.CCC1(COc2ccc(-c3ccccc3)cc2)COC1.CCC1(COc2ccc(N(c3ccccc3)c3ccccc3)cc2)COC1.c1ccc(-c2ccc3c(c2)CC3)cc1.c1ccc(-c2cccc3c2CC3)cc1. The minimum absolute atomic E-state index is 0.193. The fraction of sp³-hybridized carbons (Fsp3) is 0.248. The summed E-state index contributed by atoms with van der Waals surface area (Å²) in [6, 6.07) is 137. The van der Waals surface area contributed by atoms with Crippen LogP contribution in [0, 0.1) is 23.2 Å². The third-order valence-corrected chi connectivity index (χ3v) is 22.0. The molecular weight excluding hydrogens is 1660 g/mol. The first-order chi connectivity index (χ1) is 67.1. The Morgan fingerprint density at radius 3 is 0.934 bits per heavy atom. The molecule has 136 heavy (non-hydrogen) atoms. The van der Waals surface area contributed by atoms with Crippen LogP contribution in [0.3, 0.4) is 0 Å². The standard InChI is InChI=1S/C24H25NO2.C18H20O2.C15H12O2.3C14H12.C14H10.8C2H6/c1-2-24(17-26-18-24)19-27-23-15-13-22(14-16-23)25(20-9-5-3-6-10-20)21-11-7-4-8-12-21;1-2-18(12-19-13-18)14-20-17-10-8-16(9-11-17)15-6-4-3-5-7-15;1-2-15(16)17-14-10-8-13(9-11-14)12-6-4-3-5-7-12;1-2-5-11(6-3-1)13-8-4-7-12-9-10-14(12)13;1-2-4-11(5-3-1)13-8-6-12-7-9-14(12)10-13;2*1-2-12-8-10-14(11-9-12)13-6-4-3-5-7-13;8*1-2/h3-16H,2,17-19H2,1H3;3-11H,2,12-14H2,1H3;2-11H,1H2;1-8H,9-10H2;1-6,8,10H,7,9H2;2-11H,1H2;1,3-11H;8*1-2H3. The lowest BCUT2D eigenvalue weighted by molar-refractivity contribution is -0.133. The molecule has 0 spiro atoms. The first-order valence-corrected chi connectivity index (χ1v) is 49.4. The van der Waals surface area contributed by atoms with E-state index in [1.54, 1.807) is 17.7 Å². The molecule has 0 saturated carbocycles. The van der Waals surface area contributed by atoms with E-state index in [-0.39, 0.29) is 10.8 Å². The second-order valence-electron chi connectivity index (χ2n) is 30.1. The molecule has 0 unspecified atom stereocenters. The van der Waals surface area contributed by atoms with Gasteiger partial charge in [0.25, 0.3) is 0 Å². The molecule has 2 saturated heterocycles. The molecule has 2 heterocycles. The maximum atomic E-state index is 11.0. The zero-order valence-electron chi connectivity index (χ0n) is 84.6. The molecule has 19 rings (SSSR count). The monoisotopic (exact) mass is 1810 g/mol. The zero-order chi connectivity index (χ0) is 98.8. The Labute approximate surface area is 820 Å². The largest absolute Gasteiger partial charge is 0.493 e. The fourth-order valence-electron chi connectivity index (χ4n) is 14.2. The van der Waals surface area contributed by atoms with Gasteiger partial charge in [0, 0.05) is 28.7 Å². The van der Waals surface area contributed by atoms with E-state index in [4.69, 9.17) is 30.1 Å². The van der Waals surface area contributed by atoms with Crippen molar-refractivity contribution in [2.24, 2.45) is 10.8 Å². The molecule has 2 aliphatic heterocycles. The first kappa shape index (κ1) is 113. The molecular formula is C129H151NO6. The number of ether oxygens (including phenoxy) is 5. The Kier molecular flexibility index (Phi) is 55.1. The maximum absolute atomic E-state index is 11.0. The number of benzene rings is 15. The summed E-state index contributed by atoms with van der Waals surface area (Å²) in [5.74, 6) is 4.52. The van der Waals surface area contributed by atoms with Crippen molar-refractivity contribution in [1.29, 1.82) is 0 Å². The Morgan fingerprint density at radius 2 is 0.625 bits per heavy atom. The van der Waals surface area contributed by atoms with Gasteiger partial charge in [-0.1, -0.05) is 465 Å². The Hall–Kier alpha value is -13.9. The van der Waals surface area contributed by atoms with Crippen LogP contribution in [0.4, 0.5) is 17.1 Å². The summed E-state index contributed by atoms with van der Waals surface area (Å²) in [4.78, 5) is 13.2. The van der Waals surface area contributed by atoms with Crippen LogP contribution >= 0.6 is 0 Å². The van der Waals surface area contributed by atoms with Crippen molar-refractivity contribution >= 4 is 29.1 Å². The molecule has 15 aromatic carbocycles. The number of esters is 1. The number of aryl methyl sites for hydroxylation is 3. The second-order valence-corrected chi connectivity index (χ2v) is 30.1. The van der Waals surface area contributed by atoms with E-state index in [1.165, 1.54) is 98.0 Å². The zero-order valence-corrected chi connectivity index (χ0v) is 84.6. The topological polar surface area (TPSA) is 66.5 Å². The summed E-state index contributed by atoms with van der Waals surface area (Å²) in [5, 5.41) is 0. The summed E-state index contributed by atoms with van der Waals surface area (Å²) < 4.78 is 27.7. The predicted octanol–water partition coefficient (Wildman–Crippen LogP) is 36.0. The molecule has 0 radical (unpaired) electrons. The second kappa shape index (κ2) is 66.5. The molecule has 7 heteroatoms. The van der Waals surface area contributed by atoms with E-state index in [1.807, 2.05) is 238 Å². The highest BCUT2D eigenvalue weighted by Gasteiger charge is 2.39.